The summed E-state index contributed by atoms with van der Waals surface area (Å²) in [6.45, 7) is 4.84. The average Bonchev–Trinajstić information content (AvgIpc) is 3.14. The number of fused-ring (bicyclic) bond motifs is 1. The Bertz CT molecular complexity index is 1010. The maximum absolute atomic E-state index is 13.1. The lowest BCUT2D eigenvalue weighted by atomic mass is 10.0. The van der Waals surface area contributed by atoms with Crippen LogP contribution in [0.5, 0.6) is 0 Å². The van der Waals surface area contributed by atoms with Gasteiger partial charge in [-0.05, 0) is 37.1 Å². The van der Waals surface area contributed by atoms with Gasteiger partial charge in [0.05, 0.1) is 36.0 Å². The quantitative estimate of drug-likeness (QED) is 0.774. The van der Waals surface area contributed by atoms with E-state index in [2.05, 4.69) is 31.1 Å². The number of ether oxygens (including phenoxy) is 1. The lowest BCUT2D eigenvalue weighted by Gasteiger charge is -2.36. The highest BCUT2D eigenvalue weighted by Crippen LogP contribution is 2.27. The van der Waals surface area contributed by atoms with E-state index in [1.807, 2.05) is 13.1 Å². The van der Waals surface area contributed by atoms with Gasteiger partial charge < -0.3 is 9.64 Å². The van der Waals surface area contributed by atoms with E-state index in [1.54, 1.807) is 15.6 Å². The van der Waals surface area contributed by atoms with Gasteiger partial charge in [0.15, 0.2) is 15.5 Å². The summed E-state index contributed by atoms with van der Waals surface area (Å²) in [5, 5.41) is 4.40. The zero-order chi connectivity index (χ0) is 19.3. The Balaban J connectivity index is 1.64. The van der Waals surface area contributed by atoms with Crippen molar-refractivity contribution >= 4 is 15.7 Å². The van der Waals surface area contributed by atoms with Gasteiger partial charge in [-0.1, -0.05) is 12.1 Å². The van der Waals surface area contributed by atoms with Crippen LogP contribution >= 0.6 is 0 Å². The lowest BCUT2D eigenvalue weighted by molar-refractivity contribution is -0.0363. The van der Waals surface area contributed by atoms with E-state index in [4.69, 9.17) is 4.74 Å². The summed E-state index contributed by atoms with van der Waals surface area (Å²) >= 11 is 0. The maximum atomic E-state index is 13.1. The molecule has 0 bridgehead atoms. The minimum Gasteiger partial charge on any atom is -0.373 e. The molecular formula is C19H23N3O4S. The van der Waals surface area contributed by atoms with Crippen molar-refractivity contribution in [2.45, 2.75) is 26.0 Å². The number of sulfone groups is 1. The third-order valence-electron chi connectivity index (χ3n) is 5.50. The van der Waals surface area contributed by atoms with Crippen LogP contribution in [0.1, 0.15) is 21.6 Å². The molecule has 0 saturated carbocycles. The van der Waals surface area contributed by atoms with Crippen LogP contribution < -0.4 is 0 Å². The molecule has 2 aromatic rings. The van der Waals surface area contributed by atoms with Gasteiger partial charge in [0.1, 0.15) is 0 Å². The van der Waals surface area contributed by atoms with E-state index in [1.165, 1.54) is 11.1 Å². The first-order valence-electron chi connectivity index (χ1n) is 9.00. The molecule has 7 nitrogen and oxygen atoms in total. The Kier molecular flexibility index (Phi) is 4.35. The van der Waals surface area contributed by atoms with E-state index in [9.17, 15) is 13.2 Å². The summed E-state index contributed by atoms with van der Waals surface area (Å²) in [6.07, 6.45) is -0.435. The van der Waals surface area contributed by atoms with Crippen molar-refractivity contribution < 1.29 is 17.9 Å². The molecule has 2 fully saturated rings. The molecule has 1 amide bonds. The number of rotatable bonds is 2. The molecule has 27 heavy (non-hydrogen) atoms. The molecular weight excluding hydrogens is 366 g/mol. The molecule has 0 aliphatic carbocycles. The summed E-state index contributed by atoms with van der Waals surface area (Å²) in [6, 6.07) is 7.50. The predicted molar refractivity (Wildman–Crippen MR) is 101 cm³/mol. The van der Waals surface area contributed by atoms with E-state index in [0.717, 1.165) is 11.3 Å². The predicted octanol–water partition coefficient (Wildman–Crippen LogP) is 1.34. The van der Waals surface area contributed by atoms with Gasteiger partial charge in [0, 0.05) is 19.2 Å². The molecule has 3 heterocycles. The van der Waals surface area contributed by atoms with Crippen LogP contribution in [0.3, 0.4) is 0 Å². The van der Waals surface area contributed by atoms with Crippen molar-refractivity contribution in [1.29, 1.82) is 0 Å². The Morgan fingerprint density at radius 1 is 1.19 bits per heavy atom. The second-order valence-electron chi connectivity index (χ2n) is 7.39. The topological polar surface area (TPSA) is 81.5 Å². The van der Waals surface area contributed by atoms with Crippen LogP contribution in [0.25, 0.3) is 11.3 Å². The van der Waals surface area contributed by atoms with Gasteiger partial charge in [0.25, 0.3) is 5.91 Å². The zero-order valence-corrected chi connectivity index (χ0v) is 16.5. The highest BCUT2D eigenvalue weighted by atomic mass is 32.2. The minimum absolute atomic E-state index is 0.0163. The number of aryl methyl sites for hydroxylation is 3. The molecule has 1 aromatic carbocycles. The monoisotopic (exact) mass is 389 g/mol. The first-order valence-corrected chi connectivity index (χ1v) is 10.8. The highest BCUT2D eigenvalue weighted by molar-refractivity contribution is 7.91. The third-order valence-corrected chi connectivity index (χ3v) is 7.18. The Morgan fingerprint density at radius 3 is 2.70 bits per heavy atom. The lowest BCUT2D eigenvalue weighted by Crippen LogP contribution is -2.53. The van der Waals surface area contributed by atoms with E-state index >= 15 is 0 Å². The van der Waals surface area contributed by atoms with Crippen molar-refractivity contribution in [3.8, 4) is 11.3 Å². The Labute approximate surface area is 158 Å². The fraction of sp³-hybridized carbons (Fsp3) is 0.474. The summed E-state index contributed by atoms with van der Waals surface area (Å²) in [5.41, 5.74) is 4.56. The molecule has 0 spiro atoms. The fourth-order valence-electron chi connectivity index (χ4n) is 3.86. The zero-order valence-electron chi connectivity index (χ0n) is 15.7. The van der Waals surface area contributed by atoms with Crippen LogP contribution in [-0.4, -0.2) is 65.8 Å². The molecule has 2 atom stereocenters. The van der Waals surface area contributed by atoms with Crippen LogP contribution in [-0.2, 0) is 21.6 Å². The second kappa shape index (κ2) is 6.45. The molecule has 2 aliphatic heterocycles. The molecule has 2 aliphatic rings. The first-order chi connectivity index (χ1) is 12.7. The Morgan fingerprint density at radius 2 is 1.96 bits per heavy atom. The number of benzene rings is 1. The van der Waals surface area contributed by atoms with Crippen LogP contribution in [0.4, 0.5) is 0 Å². The SMILES string of the molecule is Cc1ccc(-c2cc(C(=O)N3CCOC4CS(=O)(=O)CC43)nn2C)cc1C. The molecule has 8 heteroatoms. The first kappa shape index (κ1) is 18.2. The van der Waals surface area contributed by atoms with Gasteiger partial charge >= 0.3 is 0 Å². The van der Waals surface area contributed by atoms with E-state index in [0.29, 0.717) is 18.8 Å². The number of morpholine rings is 1. The number of hydrogen-bond acceptors (Lipinski definition) is 5. The number of carbonyl (C=O) groups excluding carboxylic acids is 1. The van der Waals surface area contributed by atoms with Crippen LogP contribution in [0.15, 0.2) is 24.3 Å². The van der Waals surface area contributed by atoms with Crippen molar-refractivity contribution in [3.05, 3.63) is 41.1 Å². The largest absolute Gasteiger partial charge is 0.373 e. The summed E-state index contributed by atoms with van der Waals surface area (Å²) < 4.78 is 31.2. The maximum Gasteiger partial charge on any atom is 0.274 e. The van der Waals surface area contributed by atoms with Crippen molar-refractivity contribution in [3.63, 3.8) is 0 Å². The number of aromatic nitrogens is 2. The number of hydrogen-bond donors (Lipinski definition) is 0. The average molecular weight is 389 g/mol. The number of carbonyl (C=O) groups is 1. The summed E-state index contributed by atoms with van der Waals surface area (Å²) in [7, 11) is -1.37. The Hall–Kier alpha value is -2.19. The van der Waals surface area contributed by atoms with Crippen molar-refractivity contribution in [1.82, 2.24) is 14.7 Å². The minimum atomic E-state index is -3.18. The van der Waals surface area contributed by atoms with E-state index in [-0.39, 0.29) is 17.4 Å². The van der Waals surface area contributed by atoms with Crippen molar-refractivity contribution in [2.24, 2.45) is 7.05 Å². The number of nitrogens with zero attached hydrogens (tertiary/aromatic N) is 3. The molecule has 2 unspecified atom stereocenters. The van der Waals surface area contributed by atoms with Crippen LogP contribution in [0, 0.1) is 13.8 Å². The second-order valence-corrected chi connectivity index (χ2v) is 9.54. The van der Waals surface area contributed by atoms with E-state index < -0.39 is 22.0 Å². The molecule has 4 rings (SSSR count). The van der Waals surface area contributed by atoms with Crippen molar-refractivity contribution in [2.75, 3.05) is 24.7 Å². The smallest absolute Gasteiger partial charge is 0.274 e. The van der Waals surface area contributed by atoms with Gasteiger partial charge in [0.2, 0.25) is 0 Å². The third kappa shape index (κ3) is 3.27. The summed E-state index contributed by atoms with van der Waals surface area (Å²) in [5.74, 6) is -0.297. The van der Waals surface area contributed by atoms with Crippen LogP contribution in [0.2, 0.25) is 0 Å². The molecule has 0 radical (unpaired) electrons. The molecule has 2 saturated heterocycles. The highest BCUT2D eigenvalue weighted by Gasteiger charge is 2.46. The summed E-state index contributed by atoms with van der Waals surface area (Å²) in [4.78, 5) is 14.7. The van der Waals surface area contributed by atoms with Gasteiger partial charge in [-0.25, -0.2) is 8.42 Å². The number of amides is 1. The fourth-order valence-corrected chi connectivity index (χ4v) is 5.73. The standard InChI is InChI=1S/C19H23N3O4S/c1-12-4-5-14(8-13(12)2)16-9-15(20-21(16)3)19(23)22-6-7-26-18-11-27(24,25)10-17(18)22/h4-5,8-9,17-18H,6-7,10-11H2,1-3H3. The van der Waals surface area contributed by atoms with Gasteiger partial charge in [-0.2, -0.15) is 5.10 Å². The molecule has 144 valence electrons. The molecule has 0 N–H and O–H groups in total. The normalized spacial score (nSPS) is 24.0. The van der Waals surface area contributed by atoms with Gasteiger partial charge in [-0.3, -0.25) is 9.48 Å². The van der Waals surface area contributed by atoms with Gasteiger partial charge in [-0.15, -0.1) is 0 Å². The molecule has 1 aromatic heterocycles.